The highest BCUT2D eigenvalue weighted by Gasteiger charge is 2.44. The van der Waals surface area contributed by atoms with E-state index in [0.29, 0.717) is 25.3 Å². The minimum Gasteiger partial charge on any atom is -0.488 e. The van der Waals surface area contributed by atoms with Gasteiger partial charge in [0.1, 0.15) is 30.3 Å². The Balaban J connectivity index is 1.01. The molecule has 0 saturated carbocycles. The molecule has 15 nitrogen and oxygen atoms in total. The number of imidazole rings is 1. The van der Waals surface area contributed by atoms with Gasteiger partial charge in [0.15, 0.2) is 0 Å². The fraction of sp³-hybridized carbons (Fsp3) is 0.489. The van der Waals surface area contributed by atoms with Gasteiger partial charge in [-0.1, -0.05) is 45.4 Å². The first-order valence-corrected chi connectivity index (χ1v) is 21.8. The number of likely N-dealkylation sites (tertiary alicyclic amines) is 2. The topological polar surface area (TPSA) is 188 Å². The van der Waals surface area contributed by atoms with Gasteiger partial charge in [-0.05, 0) is 109 Å². The number of carbonyl (C=O) groups excluding carboxylic acids is 4. The number of hydrogen-bond donors (Lipinski definition) is 4. The highest BCUT2D eigenvalue weighted by molar-refractivity contribution is 6.06. The average molecular weight is 848 g/mol. The number of aliphatic hydroxyl groups excluding tert-OH is 1. The largest absolute Gasteiger partial charge is 0.488 e. The summed E-state index contributed by atoms with van der Waals surface area (Å²) in [5, 5.41) is 18.2. The van der Waals surface area contributed by atoms with Crippen molar-refractivity contribution >= 4 is 46.2 Å². The molecule has 4 aliphatic heterocycles. The van der Waals surface area contributed by atoms with Gasteiger partial charge in [0.25, 0.3) is 0 Å². The Hall–Kier alpha value is -5.96. The summed E-state index contributed by atoms with van der Waals surface area (Å²) in [7, 11) is 2.53. The van der Waals surface area contributed by atoms with Crippen molar-refractivity contribution in [3.63, 3.8) is 0 Å². The van der Waals surface area contributed by atoms with Crippen LogP contribution >= 0.6 is 0 Å². The van der Waals surface area contributed by atoms with Crippen molar-refractivity contribution in [1.82, 2.24) is 30.4 Å². The molecule has 15 heteroatoms. The van der Waals surface area contributed by atoms with Crippen LogP contribution in [0, 0.1) is 5.92 Å². The average Bonchev–Trinajstić information content (AvgIpc) is 4.11. The number of amides is 4. The third-order valence-corrected chi connectivity index (χ3v) is 13.5. The Morgan fingerprint density at radius 1 is 0.871 bits per heavy atom. The molecule has 4 aliphatic rings. The van der Waals surface area contributed by atoms with Crippen LogP contribution in [0.25, 0.3) is 33.2 Å². The van der Waals surface area contributed by atoms with Crippen LogP contribution in [0.4, 0.5) is 15.3 Å². The van der Waals surface area contributed by atoms with Crippen LogP contribution in [0.1, 0.15) is 96.1 Å². The maximum absolute atomic E-state index is 14.2. The highest BCUT2D eigenvalue weighted by atomic mass is 16.5. The molecule has 5 heterocycles. The monoisotopic (exact) mass is 847 g/mol. The smallest absolute Gasteiger partial charge is 0.407 e. The number of hydrogen-bond acceptors (Lipinski definition) is 10. The lowest BCUT2D eigenvalue weighted by Crippen LogP contribution is -2.55. The van der Waals surface area contributed by atoms with Crippen LogP contribution in [0.3, 0.4) is 0 Å². The molecule has 0 unspecified atom stereocenters. The molecule has 2 fully saturated rings. The number of carbonyl (C=O) groups is 4. The number of rotatable bonds is 11. The number of alkyl carbamates (subject to hydrolysis) is 2. The van der Waals surface area contributed by atoms with Crippen LogP contribution in [-0.2, 0) is 32.1 Å². The minimum absolute atomic E-state index is 0.00702. The number of H-pyrrole nitrogens is 1. The van der Waals surface area contributed by atoms with Crippen molar-refractivity contribution in [3.8, 4) is 28.1 Å². The first-order valence-electron chi connectivity index (χ1n) is 21.8. The number of aliphatic imine (C=N–C) groups is 1. The van der Waals surface area contributed by atoms with Crippen molar-refractivity contribution in [2.45, 2.75) is 129 Å². The first-order chi connectivity index (χ1) is 29.8. The maximum Gasteiger partial charge on any atom is 0.407 e. The summed E-state index contributed by atoms with van der Waals surface area (Å²) < 4.78 is 16.1. The van der Waals surface area contributed by atoms with Gasteiger partial charge in [0, 0.05) is 29.8 Å². The molecule has 3 aromatic carbocycles. The van der Waals surface area contributed by atoms with Crippen molar-refractivity contribution in [1.29, 1.82) is 0 Å². The van der Waals surface area contributed by atoms with E-state index in [0.717, 1.165) is 87.1 Å². The van der Waals surface area contributed by atoms with Gasteiger partial charge in [-0.25, -0.2) is 14.6 Å². The van der Waals surface area contributed by atoms with Crippen LogP contribution < -0.4 is 15.4 Å². The fourth-order valence-electron chi connectivity index (χ4n) is 9.78. The predicted molar refractivity (Wildman–Crippen MR) is 234 cm³/mol. The third-order valence-electron chi connectivity index (χ3n) is 13.5. The van der Waals surface area contributed by atoms with Crippen molar-refractivity contribution < 1.29 is 38.5 Å². The molecule has 0 radical (unpaired) electrons. The molecule has 328 valence electrons. The second kappa shape index (κ2) is 17.4. The molecular weight excluding hydrogens is 791 g/mol. The fourth-order valence-corrected chi connectivity index (χ4v) is 9.78. The zero-order valence-electron chi connectivity index (χ0n) is 36.5. The van der Waals surface area contributed by atoms with E-state index in [-0.39, 0.29) is 48.3 Å². The second-order valence-corrected chi connectivity index (χ2v) is 17.2. The summed E-state index contributed by atoms with van der Waals surface area (Å²) in [5.74, 6) is 0.888. The zero-order valence-corrected chi connectivity index (χ0v) is 36.5. The number of nitrogens with one attached hydrogen (secondary N) is 3. The minimum atomic E-state index is -1.15. The number of fused-ring (bicyclic) bond motifs is 6. The van der Waals surface area contributed by atoms with Gasteiger partial charge in [0.05, 0.1) is 50.0 Å². The summed E-state index contributed by atoms with van der Waals surface area (Å²) in [6, 6.07) is 12.3. The number of nitrogens with zero attached hydrogens (tertiary/aromatic N) is 4. The molecular formula is C47H57N7O8. The summed E-state index contributed by atoms with van der Waals surface area (Å²) in [6.45, 7) is 10.1. The number of benzene rings is 3. The first kappa shape index (κ1) is 42.7. The number of aliphatic hydroxyl groups is 1. The van der Waals surface area contributed by atoms with Crippen LogP contribution in [-0.4, -0.2) is 105 Å². The van der Waals surface area contributed by atoms with Crippen molar-refractivity contribution in [2.24, 2.45) is 10.9 Å². The molecule has 2 saturated heterocycles. The van der Waals surface area contributed by atoms with Crippen LogP contribution in [0.15, 0.2) is 53.7 Å². The SMILES string of the molecule is CC[C@H](C)[C@H](NC(=O)OC)C(=O)N1[C@@H](C)CC[C@H]1C1=Nc2ccc3cc4c(cc3c2C1)OCc1cc(-c2cnc([C@@H]3CC[C@H](C)N3C(=O)[C@@H](NC(=O)OC)[C@@H](O)CC)[nH]2)ccc1-4. The summed E-state index contributed by atoms with van der Waals surface area (Å²) in [6.07, 6.45) is 4.02. The molecule has 8 rings (SSSR count). The Morgan fingerprint density at radius 2 is 1.55 bits per heavy atom. The normalized spacial score (nSPS) is 22.1. The van der Waals surface area contributed by atoms with Gasteiger partial charge in [-0.3, -0.25) is 14.6 Å². The third kappa shape index (κ3) is 7.75. The van der Waals surface area contributed by atoms with Crippen molar-refractivity contribution in [2.75, 3.05) is 14.2 Å². The van der Waals surface area contributed by atoms with E-state index in [1.54, 1.807) is 18.0 Å². The molecule has 0 bridgehead atoms. The molecule has 62 heavy (non-hydrogen) atoms. The lowest BCUT2D eigenvalue weighted by Gasteiger charge is -2.34. The zero-order chi connectivity index (χ0) is 44.0. The second-order valence-electron chi connectivity index (χ2n) is 17.2. The summed E-state index contributed by atoms with van der Waals surface area (Å²) in [5.41, 5.74) is 7.83. The Bertz CT molecular complexity index is 2430. The van der Waals surface area contributed by atoms with Crippen LogP contribution in [0.2, 0.25) is 0 Å². The molecule has 4 aromatic rings. The maximum atomic E-state index is 14.2. The Morgan fingerprint density at radius 3 is 2.24 bits per heavy atom. The van der Waals surface area contributed by atoms with Gasteiger partial charge in [0.2, 0.25) is 11.8 Å². The van der Waals surface area contributed by atoms with E-state index in [1.807, 2.05) is 25.7 Å². The molecule has 1 aromatic heterocycles. The number of ether oxygens (including phenoxy) is 3. The lowest BCUT2D eigenvalue weighted by molar-refractivity contribution is -0.139. The number of methoxy groups -OCH3 is 2. The van der Waals surface area contributed by atoms with E-state index in [1.165, 1.54) is 14.2 Å². The van der Waals surface area contributed by atoms with E-state index in [2.05, 4.69) is 65.0 Å². The van der Waals surface area contributed by atoms with Crippen LogP contribution in [0.5, 0.6) is 5.75 Å². The quantitative estimate of drug-likeness (QED) is 0.122. The molecule has 8 atom stereocenters. The summed E-state index contributed by atoms with van der Waals surface area (Å²) in [4.78, 5) is 69.4. The van der Waals surface area contributed by atoms with E-state index in [4.69, 9.17) is 24.2 Å². The Labute approximate surface area is 361 Å². The van der Waals surface area contributed by atoms with Gasteiger partial charge < -0.3 is 44.7 Å². The van der Waals surface area contributed by atoms with Gasteiger partial charge in [-0.15, -0.1) is 0 Å². The molecule has 4 N–H and O–H groups in total. The van der Waals surface area contributed by atoms with E-state index in [9.17, 15) is 24.3 Å². The van der Waals surface area contributed by atoms with Gasteiger partial charge >= 0.3 is 12.2 Å². The summed E-state index contributed by atoms with van der Waals surface area (Å²) >= 11 is 0. The lowest BCUT2D eigenvalue weighted by atomic mass is 9.90. The number of aromatic nitrogens is 2. The predicted octanol–water partition coefficient (Wildman–Crippen LogP) is 7.12. The Kier molecular flexibility index (Phi) is 12.0. The van der Waals surface area contributed by atoms with E-state index < -0.39 is 30.4 Å². The molecule has 4 amide bonds. The van der Waals surface area contributed by atoms with E-state index >= 15 is 0 Å². The number of aromatic amines is 1. The standard InChI is InChI=1S/C47H57N7O8/c1-8-24(3)41(51-46(58)60-6)44(56)53-25(4)10-16-37(53)35-20-32-31-21-40-33(19-27(31)13-15-34(32)49-35)30-14-12-28(18-29(30)23-62-40)36-22-48-43(50-36)38-17-11-26(5)54(38)45(57)42(39(55)9-2)52-47(59)61-7/h12-15,18-19,21-22,24-26,37-39,41-42,55H,8-11,16-17,20,23H2,1-7H3,(H,48,50)(H,51,58)(H,52,59)/t24-,25-,26-,37-,38-,39-,41-,42-/m0/s1. The van der Waals surface area contributed by atoms with Gasteiger partial charge in [-0.2, -0.15) is 0 Å². The van der Waals surface area contributed by atoms with Crippen molar-refractivity contribution in [3.05, 3.63) is 65.6 Å². The highest BCUT2D eigenvalue weighted by Crippen LogP contribution is 2.45. The molecule has 0 aliphatic carbocycles. The molecule has 0 spiro atoms.